The van der Waals surface area contributed by atoms with Crippen molar-refractivity contribution >= 4 is 28.9 Å². The summed E-state index contributed by atoms with van der Waals surface area (Å²) in [6.45, 7) is 1.04. The van der Waals surface area contributed by atoms with Crippen LogP contribution in [-0.2, 0) is 14.9 Å². The minimum Gasteiger partial charge on any atom is -0.478 e. The maximum absolute atomic E-state index is 10.5. The Kier molecular flexibility index (Phi) is 2.82. The van der Waals surface area contributed by atoms with Gasteiger partial charge in [0.2, 0.25) is 0 Å². The summed E-state index contributed by atoms with van der Waals surface area (Å²) >= 11 is 7.31. The van der Waals surface area contributed by atoms with Gasteiger partial charge in [-0.3, -0.25) is 0 Å². The molecule has 1 aliphatic heterocycles. The lowest BCUT2D eigenvalue weighted by Crippen LogP contribution is -2.44. The first kappa shape index (κ1) is 10.7. The second kappa shape index (κ2) is 3.96. The molecule has 2 rings (SSSR count). The maximum atomic E-state index is 10.5. The first-order valence-corrected chi connectivity index (χ1v) is 5.58. The largest absolute Gasteiger partial charge is 0.478 e. The van der Waals surface area contributed by atoms with Gasteiger partial charge in [0.05, 0.1) is 23.0 Å². The van der Waals surface area contributed by atoms with Crippen LogP contribution in [0.15, 0.2) is 24.3 Å². The third-order valence-corrected chi connectivity index (χ3v) is 3.78. The normalized spacial score (nSPS) is 19.0. The van der Waals surface area contributed by atoms with Crippen LogP contribution in [-0.4, -0.2) is 24.3 Å². The number of ether oxygens (including phenoxy) is 1. The molecule has 0 aliphatic carbocycles. The van der Waals surface area contributed by atoms with Gasteiger partial charge in [0.25, 0.3) is 0 Å². The van der Waals surface area contributed by atoms with E-state index in [1.54, 1.807) is 6.08 Å². The molecule has 0 unspecified atom stereocenters. The number of carboxylic acids is 1. The summed E-state index contributed by atoms with van der Waals surface area (Å²) in [7, 11) is 0. The molecule has 0 aromatic carbocycles. The van der Waals surface area contributed by atoms with E-state index < -0.39 is 5.97 Å². The predicted octanol–water partition coefficient (Wildman–Crippen LogP) is 2.31. The Bertz CT molecular complexity index is 407. The number of carboxylic acid groups (broad SMARTS) is 1. The summed E-state index contributed by atoms with van der Waals surface area (Å²) in [5.74, 6) is -0.941. The van der Waals surface area contributed by atoms with Crippen molar-refractivity contribution < 1.29 is 14.6 Å². The molecule has 1 saturated heterocycles. The van der Waals surface area contributed by atoms with E-state index >= 15 is 0 Å². The van der Waals surface area contributed by atoms with Crippen LogP contribution >= 0.6 is 22.9 Å². The van der Waals surface area contributed by atoms with Crippen molar-refractivity contribution in [2.45, 2.75) is 5.41 Å². The minimum absolute atomic E-state index is 0.282. The van der Waals surface area contributed by atoms with Gasteiger partial charge in [-0.15, -0.1) is 11.3 Å². The van der Waals surface area contributed by atoms with Gasteiger partial charge in [-0.2, -0.15) is 0 Å². The molecule has 0 bridgehead atoms. The SMILES string of the molecule is O=C(O)/C=C/C1(c2ccc(Cl)s2)COC1. The number of hydrogen-bond acceptors (Lipinski definition) is 3. The summed E-state index contributed by atoms with van der Waals surface area (Å²) < 4.78 is 5.86. The van der Waals surface area contributed by atoms with Gasteiger partial charge in [0.1, 0.15) is 0 Å². The highest BCUT2D eigenvalue weighted by atomic mass is 35.5. The van der Waals surface area contributed by atoms with Crippen LogP contribution < -0.4 is 0 Å². The van der Waals surface area contributed by atoms with E-state index in [0.717, 1.165) is 11.0 Å². The monoisotopic (exact) mass is 244 g/mol. The highest BCUT2D eigenvalue weighted by molar-refractivity contribution is 7.16. The Morgan fingerprint density at radius 1 is 1.60 bits per heavy atom. The van der Waals surface area contributed by atoms with E-state index in [4.69, 9.17) is 21.4 Å². The van der Waals surface area contributed by atoms with Crippen LogP contribution in [0.3, 0.4) is 0 Å². The molecule has 1 aromatic rings. The van der Waals surface area contributed by atoms with Crippen molar-refractivity contribution in [1.29, 1.82) is 0 Å². The second-order valence-electron chi connectivity index (χ2n) is 3.42. The third kappa shape index (κ3) is 2.07. The van der Waals surface area contributed by atoms with Gasteiger partial charge < -0.3 is 9.84 Å². The smallest absolute Gasteiger partial charge is 0.328 e. The minimum atomic E-state index is -0.941. The van der Waals surface area contributed by atoms with Crippen LogP contribution in [0.1, 0.15) is 4.88 Å². The van der Waals surface area contributed by atoms with E-state index in [1.807, 2.05) is 12.1 Å². The summed E-state index contributed by atoms with van der Waals surface area (Å²) in [6, 6.07) is 3.73. The standard InChI is InChI=1S/C10H9ClO3S/c11-8-2-1-7(15-8)10(5-14-6-10)4-3-9(12)13/h1-4H,5-6H2,(H,12,13)/b4-3+. The molecule has 80 valence electrons. The molecular formula is C10H9ClO3S. The fourth-order valence-electron chi connectivity index (χ4n) is 1.46. The van der Waals surface area contributed by atoms with Gasteiger partial charge >= 0.3 is 5.97 Å². The van der Waals surface area contributed by atoms with Crippen LogP contribution in [0.4, 0.5) is 0 Å². The van der Waals surface area contributed by atoms with Crippen molar-refractivity contribution in [3.05, 3.63) is 33.5 Å². The molecule has 0 radical (unpaired) electrons. The molecule has 0 amide bonds. The molecule has 15 heavy (non-hydrogen) atoms. The molecule has 1 aromatic heterocycles. The average Bonchev–Trinajstić information content (AvgIpc) is 2.50. The number of rotatable bonds is 3. The first-order valence-electron chi connectivity index (χ1n) is 4.38. The lowest BCUT2D eigenvalue weighted by Gasteiger charge is -2.38. The highest BCUT2D eigenvalue weighted by Gasteiger charge is 2.39. The van der Waals surface area contributed by atoms with Crippen LogP contribution in [0.5, 0.6) is 0 Å². The van der Waals surface area contributed by atoms with Crippen molar-refractivity contribution in [3.8, 4) is 0 Å². The van der Waals surface area contributed by atoms with Crippen molar-refractivity contribution in [3.63, 3.8) is 0 Å². The summed E-state index contributed by atoms with van der Waals surface area (Å²) in [6.07, 6.45) is 2.84. The number of hydrogen-bond donors (Lipinski definition) is 1. The van der Waals surface area contributed by atoms with Crippen LogP contribution in [0.25, 0.3) is 0 Å². The molecule has 1 fully saturated rings. The lowest BCUT2D eigenvalue weighted by molar-refractivity contribution is -0.131. The summed E-state index contributed by atoms with van der Waals surface area (Å²) in [4.78, 5) is 11.5. The zero-order valence-corrected chi connectivity index (χ0v) is 9.35. The van der Waals surface area contributed by atoms with Crippen molar-refractivity contribution in [2.75, 3.05) is 13.2 Å². The van der Waals surface area contributed by atoms with E-state index in [2.05, 4.69) is 0 Å². The van der Waals surface area contributed by atoms with Gasteiger partial charge in [-0.05, 0) is 12.1 Å². The predicted molar refractivity (Wildman–Crippen MR) is 58.6 cm³/mol. The Balaban J connectivity index is 2.26. The topological polar surface area (TPSA) is 46.5 Å². The highest BCUT2D eigenvalue weighted by Crippen LogP contribution is 2.39. The van der Waals surface area contributed by atoms with Crippen molar-refractivity contribution in [2.24, 2.45) is 0 Å². The molecule has 0 spiro atoms. The quantitative estimate of drug-likeness (QED) is 0.830. The Hall–Kier alpha value is -0.840. The zero-order chi connectivity index (χ0) is 10.9. The summed E-state index contributed by atoms with van der Waals surface area (Å²) in [5, 5.41) is 8.60. The fourth-order valence-corrected chi connectivity index (χ4v) is 2.64. The van der Waals surface area contributed by atoms with E-state index in [1.165, 1.54) is 11.3 Å². The maximum Gasteiger partial charge on any atom is 0.328 e. The molecule has 0 atom stereocenters. The van der Waals surface area contributed by atoms with Crippen molar-refractivity contribution in [1.82, 2.24) is 0 Å². The molecular weight excluding hydrogens is 236 g/mol. The molecule has 1 N–H and O–H groups in total. The van der Waals surface area contributed by atoms with Crippen LogP contribution in [0.2, 0.25) is 4.34 Å². The second-order valence-corrected chi connectivity index (χ2v) is 5.14. The molecule has 1 aliphatic rings. The lowest BCUT2D eigenvalue weighted by atomic mass is 9.84. The van der Waals surface area contributed by atoms with E-state index in [-0.39, 0.29) is 5.41 Å². The van der Waals surface area contributed by atoms with Crippen LogP contribution in [0, 0.1) is 0 Å². The number of halogens is 1. The number of aliphatic carboxylic acids is 1. The van der Waals surface area contributed by atoms with E-state index in [9.17, 15) is 4.79 Å². The molecule has 0 saturated carbocycles. The average molecular weight is 245 g/mol. The Labute approximate surface area is 95.9 Å². The first-order chi connectivity index (χ1) is 7.12. The number of thiophene rings is 1. The Morgan fingerprint density at radius 2 is 2.33 bits per heavy atom. The van der Waals surface area contributed by atoms with Gasteiger partial charge in [0, 0.05) is 11.0 Å². The molecule has 3 nitrogen and oxygen atoms in total. The van der Waals surface area contributed by atoms with Gasteiger partial charge in [-0.25, -0.2) is 4.79 Å². The fraction of sp³-hybridized carbons (Fsp3) is 0.300. The summed E-state index contributed by atoms with van der Waals surface area (Å²) in [5.41, 5.74) is -0.282. The third-order valence-electron chi connectivity index (χ3n) is 2.33. The zero-order valence-electron chi connectivity index (χ0n) is 7.77. The van der Waals surface area contributed by atoms with Gasteiger partial charge in [0.15, 0.2) is 0 Å². The number of carbonyl (C=O) groups is 1. The molecule has 2 heterocycles. The molecule has 5 heteroatoms. The van der Waals surface area contributed by atoms with Gasteiger partial charge in [-0.1, -0.05) is 17.7 Å². The Morgan fingerprint density at radius 3 is 2.73 bits per heavy atom. The van der Waals surface area contributed by atoms with E-state index in [0.29, 0.717) is 17.6 Å².